The molecule has 5 aliphatic rings. The lowest BCUT2D eigenvalue weighted by molar-refractivity contribution is -0.361. The van der Waals surface area contributed by atoms with E-state index in [-0.39, 0.29) is 30.6 Å². The van der Waals surface area contributed by atoms with Crippen molar-refractivity contribution < 1.29 is 58.7 Å². The van der Waals surface area contributed by atoms with Gasteiger partial charge in [0.15, 0.2) is 0 Å². The molecule has 8 nitrogen and oxygen atoms in total. The second-order valence-corrected chi connectivity index (χ2v) is 12.6. The van der Waals surface area contributed by atoms with E-state index in [1.165, 1.54) is 0 Å². The summed E-state index contributed by atoms with van der Waals surface area (Å²) in [6.07, 6.45) is -2.59. The lowest BCUT2D eigenvalue weighted by atomic mass is 9.49. The van der Waals surface area contributed by atoms with Crippen molar-refractivity contribution in [3.8, 4) is 0 Å². The standard InChI is InChI=1S/C23H31F5O8S/c24-21(25,37(31,32)33)6-7-34-22(23(26,27)28,19(30)35-17-4-2-1-3-5-17)36-18(29)20-11-14-8-15(12-20)10-16(9-14)13-20/h14-17H,1-13H2,(H,31,32,33). The Balaban J connectivity index is 1.61. The van der Waals surface area contributed by atoms with E-state index in [4.69, 9.17) is 14.0 Å². The molecule has 0 saturated heterocycles. The molecule has 1 unspecified atom stereocenters. The minimum Gasteiger partial charge on any atom is -0.457 e. The molecule has 5 aliphatic carbocycles. The average Bonchev–Trinajstić information content (AvgIpc) is 2.76. The van der Waals surface area contributed by atoms with Gasteiger partial charge in [-0.3, -0.25) is 9.35 Å². The van der Waals surface area contributed by atoms with Crippen molar-refractivity contribution in [3.63, 3.8) is 0 Å². The summed E-state index contributed by atoms with van der Waals surface area (Å²) < 4.78 is 116. The second kappa shape index (κ2) is 9.89. The fourth-order valence-electron chi connectivity index (χ4n) is 6.84. The molecule has 0 spiro atoms. The first-order chi connectivity index (χ1) is 17.1. The Bertz CT molecular complexity index is 956. The molecule has 0 heterocycles. The Morgan fingerprint density at radius 2 is 1.41 bits per heavy atom. The normalized spacial score (nSPS) is 32.1. The van der Waals surface area contributed by atoms with Gasteiger partial charge >= 0.3 is 39.3 Å². The SMILES string of the molecule is O=C(OC(OCCC(F)(F)S(=O)(=O)O)(C(=O)OC1CCCCC1)C(F)(F)F)C12CC3CC(CC(C3)C1)C2. The van der Waals surface area contributed by atoms with Crippen molar-refractivity contribution in [2.45, 2.75) is 100 Å². The van der Waals surface area contributed by atoms with Crippen molar-refractivity contribution in [2.24, 2.45) is 23.2 Å². The van der Waals surface area contributed by atoms with E-state index in [2.05, 4.69) is 4.74 Å². The molecular formula is C23H31F5O8S. The van der Waals surface area contributed by atoms with E-state index >= 15 is 0 Å². The minimum absolute atomic E-state index is 0.141. The smallest absolute Gasteiger partial charge is 0.457 e. The van der Waals surface area contributed by atoms with Crippen LogP contribution in [0.3, 0.4) is 0 Å². The maximum atomic E-state index is 14.5. The molecule has 0 aromatic rings. The Morgan fingerprint density at radius 3 is 1.86 bits per heavy atom. The Hall–Kier alpha value is -1.54. The Kier molecular flexibility index (Phi) is 7.61. The number of hydrogen-bond acceptors (Lipinski definition) is 7. The first-order valence-electron chi connectivity index (χ1n) is 12.6. The van der Waals surface area contributed by atoms with Crippen LogP contribution in [0.1, 0.15) is 77.0 Å². The number of alkyl halides is 5. The predicted molar refractivity (Wildman–Crippen MR) is 116 cm³/mol. The van der Waals surface area contributed by atoms with Crippen molar-refractivity contribution >= 4 is 22.1 Å². The summed E-state index contributed by atoms with van der Waals surface area (Å²) in [6.45, 7) is -1.68. The molecule has 5 saturated carbocycles. The van der Waals surface area contributed by atoms with Crippen molar-refractivity contribution in [2.75, 3.05) is 6.61 Å². The van der Waals surface area contributed by atoms with Gasteiger partial charge in [0, 0.05) is 0 Å². The summed E-state index contributed by atoms with van der Waals surface area (Å²) in [6, 6.07) is 0. The zero-order valence-corrected chi connectivity index (χ0v) is 20.9. The number of carbonyl (C=O) groups is 2. The second-order valence-electron chi connectivity index (χ2n) is 11.1. The van der Waals surface area contributed by atoms with Crippen LogP contribution in [0.2, 0.25) is 0 Å². The van der Waals surface area contributed by atoms with E-state index in [1.807, 2.05) is 0 Å². The van der Waals surface area contributed by atoms with Crippen molar-refractivity contribution in [1.29, 1.82) is 0 Å². The van der Waals surface area contributed by atoms with Crippen LogP contribution in [0.4, 0.5) is 22.0 Å². The lowest BCUT2D eigenvalue weighted by Gasteiger charge is -2.55. The molecule has 0 amide bonds. The highest BCUT2D eigenvalue weighted by Crippen LogP contribution is 2.61. The highest BCUT2D eigenvalue weighted by Gasteiger charge is 2.70. The van der Waals surface area contributed by atoms with Crippen LogP contribution in [0.25, 0.3) is 0 Å². The third-order valence-corrected chi connectivity index (χ3v) is 9.21. The largest absolute Gasteiger partial charge is 0.468 e. The van der Waals surface area contributed by atoms with Crippen LogP contribution < -0.4 is 0 Å². The van der Waals surface area contributed by atoms with E-state index in [9.17, 15) is 40.0 Å². The molecule has 5 fully saturated rings. The minimum atomic E-state index is -5.97. The van der Waals surface area contributed by atoms with Gasteiger partial charge in [-0.2, -0.15) is 30.4 Å². The fourth-order valence-corrected chi connectivity index (χ4v) is 7.18. The Labute approximate surface area is 211 Å². The summed E-state index contributed by atoms with van der Waals surface area (Å²) in [7, 11) is -5.97. The molecule has 1 N–H and O–H groups in total. The van der Waals surface area contributed by atoms with E-state index < -0.39 is 63.8 Å². The summed E-state index contributed by atoms with van der Waals surface area (Å²) in [4.78, 5) is 26.4. The first-order valence-corrected chi connectivity index (χ1v) is 14.0. The van der Waals surface area contributed by atoms with E-state index in [1.54, 1.807) is 0 Å². The van der Waals surface area contributed by atoms with Gasteiger partial charge < -0.3 is 14.2 Å². The third kappa shape index (κ3) is 5.61. The molecule has 0 radical (unpaired) electrons. The molecular weight excluding hydrogens is 531 g/mol. The van der Waals surface area contributed by atoms with E-state index in [0.717, 1.165) is 25.7 Å². The summed E-state index contributed by atoms with van der Waals surface area (Å²) in [5, 5.41) is -4.86. The average molecular weight is 563 g/mol. The third-order valence-electron chi connectivity index (χ3n) is 8.25. The summed E-state index contributed by atoms with van der Waals surface area (Å²) in [5.41, 5.74) is -1.25. The van der Waals surface area contributed by atoms with E-state index in [0.29, 0.717) is 32.1 Å². The van der Waals surface area contributed by atoms with Crippen LogP contribution in [0, 0.1) is 23.2 Å². The van der Waals surface area contributed by atoms with Gasteiger partial charge in [-0.1, -0.05) is 6.42 Å². The molecule has 1 atom stereocenters. The van der Waals surface area contributed by atoms with Gasteiger partial charge in [0.1, 0.15) is 6.10 Å². The molecule has 0 aromatic heterocycles. The number of ether oxygens (including phenoxy) is 3. The van der Waals surface area contributed by atoms with Gasteiger partial charge in [0.2, 0.25) is 0 Å². The van der Waals surface area contributed by atoms with Gasteiger partial charge in [0.05, 0.1) is 18.4 Å². The first kappa shape index (κ1) is 28.5. The molecule has 0 aliphatic heterocycles. The monoisotopic (exact) mass is 562 g/mol. The van der Waals surface area contributed by atoms with Gasteiger partial charge in [0.25, 0.3) is 0 Å². The maximum Gasteiger partial charge on any atom is 0.468 e. The van der Waals surface area contributed by atoms with Crippen molar-refractivity contribution in [3.05, 3.63) is 0 Å². The summed E-state index contributed by atoms with van der Waals surface area (Å²) in [5.74, 6) is -7.33. The molecule has 4 bridgehead atoms. The highest BCUT2D eigenvalue weighted by molar-refractivity contribution is 7.86. The number of esters is 2. The summed E-state index contributed by atoms with van der Waals surface area (Å²) >= 11 is 0. The molecule has 0 aromatic carbocycles. The highest BCUT2D eigenvalue weighted by atomic mass is 32.2. The van der Waals surface area contributed by atoms with Gasteiger partial charge in [-0.25, -0.2) is 4.79 Å². The fraction of sp³-hybridized carbons (Fsp3) is 0.913. The molecule has 14 heteroatoms. The van der Waals surface area contributed by atoms with Crippen LogP contribution in [0.15, 0.2) is 0 Å². The quantitative estimate of drug-likeness (QED) is 0.185. The molecule has 37 heavy (non-hydrogen) atoms. The van der Waals surface area contributed by atoms with Crippen LogP contribution in [-0.2, 0) is 33.9 Å². The number of carbonyl (C=O) groups excluding carboxylic acids is 2. The predicted octanol–water partition coefficient (Wildman–Crippen LogP) is 4.77. The zero-order chi connectivity index (χ0) is 27.3. The zero-order valence-electron chi connectivity index (χ0n) is 20.1. The van der Waals surface area contributed by atoms with Gasteiger partial charge in [-0.15, -0.1) is 0 Å². The number of halogens is 5. The number of hydrogen-bond donors (Lipinski definition) is 1. The van der Waals surface area contributed by atoms with Crippen LogP contribution >= 0.6 is 0 Å². The van der Waals surface area contributed by atoms with Crippen LogP contribution in [0.5, 0.6) is 0 Å². The van der Waals surface area contributed by atoms with Crippen molar-refractivity contribution in [1.82, 2.24) is 0 Å². The maximum absolute atomic E-state index is 14.5. The van der Waals surface area contributed by atoms with Crippen LogP contribution in [-0.4, -0.2) is 54.8 Å². The van der Waals surface area contributed by atoms with Gasteiger partial charge in [-0.05, 0) is 82.0 Å². The number of rotatable bonds is 9. The molecule has 212 valence electrons. The lowest BCUT2D eigenvalue weighted by Crippen LogP contribution is -2.61. The Morgan fingerprint density at radius 1 is 0.892 bits per heavy atom. The molecule has 5 rings (SSSR count). The topological polar surface area (TPSA) is 116 Å².